The first-order valence-electron chi connectivity index (χ1n) is 8.28. The van der Waals surface area contributed by atoms with Crippen LogP contribution >= 0.6 is 0 Å². The highest BCUT2D eigenvalue weighted by Gasteiger charge is 2.36. The highest BCUT2D eigenvalue weighted by Crippen LogP contribution is 2.38. The number of nitrogens with zero attached hydrogens (tertiary/aromatic N) is 2. The third-order valence-electron chi connectivity index (χ3n) is 5.64. The summed E-state index contributed by atoms with van der Waals surface area (Å²) in [6.07, 6.45) is 5.98. The van der Waals surface area contributed by atoms with E-state index in [4.69, 9.17) is 5.11 Å². The molecule has 0 radical (unpaired) electrons. The van der Waals surface area contributed by atoms with E-state index in [0.717, 1.165) is 32.4 Å². The average Bonchev–Trinajstić information content (AvgIpc) is 2.54. The molecular formula is C16H28N2O3. The molecule has 2 aliphatic heterocycles. The Morgan fingerprint density at radius 2 is 1.71 bits per heavy atom. The largest absolute Gasteiger partial charge is 0.481 e. The summed E-state index contributed by atoms with van der Waals surface area (Å²) in [5, 5.41) is 9.13. The van der Waals surface area contributed by atoms with Crippen LogP contribution in [0.15, 0.2) is 0 Å². The number of hydrogen-bond acceptors (Lipinski definition) is 2. The number of piperidine rings is 2. The van der Waals surface area contributed by atoms with Gasteiger partial charge in [0, 0.05) is 26.2 Å². The van der Waals surface area contributed by atoms with Crippen molar-refractivity contribution in [2.75, 3.05) is 26.2 Å². The lowest BCUT2D eigenvalue weighted by Crippen LogP contribution is -2.52. The molecule has 2 rings (SSSR count). The molecule has 2 amide bonds. The van der Waals surface area contributed by atoms with E-state index in [1.165, 1.54) is 12.8 Å². The molecule has 0 saturated carbocycles. The van der Waals surface area contributed by atoms with Crippen LogP contribution < -0.4 is 0 Å². The maximum Gasteiger partial charge on any atom is 0.320 e. The van der Waals surface area contributed by atoms with Crippen molar-refractivity contribution in [3.63, 3.8) is 0 Å². The summed E-state index contributed by atoms with van der Waals surface area (Å²) in [5.74, 6) is -1.17. The molecule has 2 aliphatic rings. The number of aliphatic carboxylic acids is 1. The zero-order valence-electron chi connectivity index (χ0n) is 13.3. The summed E-state index contributed by atoms with van der Waals surface area (Å²) in [5.41, 5.74) is 0.405. The van der Waals surface area contributed by atoms with Crippen LogP contribution in [0.4, 0.5) is 4.79 Å². The number of carbonyl (C=O) groups excluding carboxylic acids is 1. The second kappa shape index (κ2) is 6.67. The molecule has 21 heavy (non-hydrogen) atoms. The zero-order chi connectivity index (χ0) is 15.5. The number of hydrogen-bond donors (Lipinski definition) is 1. The van der Waals surface area contributed by atoms with E-state index in [2.05, 4.69) is 13.8 Å². The molecule has 0 unspecified atom stereocenters. The van der Waals surface area contributed by atoms with Crippen LogP contribution in [0.2, 0.25) is 0 Å². The second-order valence-electron chi connectivity index (χ2n) is 6.60. The standard InChI is InChI=1S/C16H28N2O3/c1-3-16(4-2)7-10-17(11-8-16)15(21)18-9-5-6-13(12-18)14(19)20/h13H,3-12H2,1-2H3,(H,19,20)/t13-/m0/s1. The van der Waals surface area contributed by atoms with Gasteiger partial charge >= 0.3 is 12.0 Å². The van der Waals surface area contributed by atoms with Crippen LogP contribution in [0.3, 0.4) is 0 Å². The highest BCUT2D eigenvalue weighted by molar-refractivity contribution is 5.76. The molecule has 120 valence electrons. The fourth-order valence-corrected chi connectivity index (χ4v) is 3.68. The second-order valence-corrected chi connectivity index (χ2v) is 6.60. The fourth-order valence-electron chi connectivity index (χ4n) is 3.68. The zero-order valence-corrected chi connectivity index (χ0v) is 13.3. The molecule has 1 N–H and O–H groups in total. The number of carboxylic acid groups (broad SMARTS) is 1. The van der Waals surface area contributed by atoms with Crippen LogP contribution in [0.1, 0.15) is 52.4 Å². The molecule has 0 aromatic carbocycles. The predicted octanol–water partition coefficient (Wildman–Crippen LogP) is 2.81. The van der Waals surface area contributed by atoms with Gasteiger partial charge in [-0.05, 0) is 31.1 Å². The van der Waals surface area contributed by atoms with Gasteiger partial charge in [-0.15, -0.1) is 0 Å². The van der Waals surface area contributed by atoms with Crippen molar-refractivity contribution in [2.45, 2.75) is 52.4 Å². The lowest BCUT2D eigenvalue weighted by atomic mass is 9.74. The minimum atomic E-state index is -0.776. The van der Waals surface area contributed by atoms with Crippen molar-refractivity contribution < 1.29 is 14.7 Å². The molecule has 2 heterocycles. The van der Waals surface area contributed by atoms with Crippen LogP contribution in [-0.2, 0) is 4.79 Å². The number of carbonyl (C=O) groups is 2. The number of urea groups is 1. The van der Waals surface area contributed by atoms with Crippen molar-refractivity contribution in [3.8, 4) is 0 Å². The lowest BCUT2D eigenvalue weighted by molar-refractivity contribution is -0.143. The number of amides is 2. The van der Waals surface area contributed by atoms with Crippen molar-refractivity contribution in [2.24, 2.45) is 11.3 Å². The number of rotatable bonds is 3. The van der Waals surface area contributed by atoms with Crippen LogP contribution in [0, 0.1) is 11.3 Å². The summed E-state index contributed by atoms with van der Waals surface area (Å²) in [6, 6.07) is 0.0433. The van der Waals surface area contributed by atoms with Gasteiger partial charge in [-0.2, -0.15) is 0 Å². The first-order chi connectivity index (χ1) is 10.0. The molecule has 1 atom stereocenters. The van der Waals surface area contributed by atoms with E-state index in [1.807, 2.05) is 4.90 Å². The van der Waals surface area contributed by atoms with Gasteiger partial charge in [-0.3, -0.25) is 4.79 Å². The van der Waals surface area contributed by atoms with Crippen molar-refractivity contribution >= 4 is 12.0 Å². The Hall–Kier alpha value is -1.26. The highest BCUT2D eigenvalue weighted by atomic mass is 16.4. The summed E-state index contributed by atoms with van der Waals surface area (Å²) in [6.45, 7) is 7.18. The Bertz CT molecular complexity index is 383. The topological polar surface area (TPSA) is 60.9 Å². The Kier molecular flexibility index (Phi) is 5.12. The van der Waals surface area contributed by atoms with E-state index < -0.39 is 11.9 Å². The lowest BCUT2D eigenvalue weighted by Gasteiger charge is -2.43. The van der Waals surface area contributed by atoms with E-state index in [0.29, 0.717) is 24.9 Å². The van der Waals surface area contributed by atoms with E-state index in [-0.39, 0.29) is 6.03 Å². The molecule has 0 bridgehead atoms. The van der Waals surface area contributed by atoms with Gasteiger partial charge in [0.25, 0.3) is 0 Å². The third-order valence-corrected chi connectivity index (χ3v) is 5.64. The van der Waals surface area contributed by atoms with Gasteiger partial charge < -0.3 is 14.9 Å². The van der Waals surface area contributed by atoms with E-state index in [9.17, 15) is 9.59 Å². The smallest absolute Gasteiger partial charge is 0.320 e. The van der Waals surface area contributed by atoms with Gasteiger partial charge in [0.15, 0.2) is 0 Å². The first kappa shape index (κ1) is 16.1. The Morgan fingerprint density at radius 3 is 2.24 bits per heavy atom. The van der Waals surface area contributed by atoms with Gasteiger partial charge in [-0.25, -0.2) is 4.79 Å². The monoisotopic (exact) mass is 296 g/mol. The number of likely N-dealkylation sites (tertiary alicyclic amines) is 2. The molecule has 0 aromatic rings. The first-order valence-corrected chi connectivity index (χ1v) is 8.28. The Morgan fingerprint density at radius 1 is 1.10 bits per heavy atom. The molecule has 2 fully saturated rings. The summed E-state index contributed by atoms with van der Waals surface area (Å²) < 4.78 is 0. The molecule has 0 aliphatic carbocycles. The molecule has 5 nitrogen and oxygen atoms in total. The maximum absolute atomic E-state index is 12.6. The summed E-state index contributed by atoms with van der Waals surface area (Å²) in [4.78, 5) is 27.3. The molecule has 0 spiro atoms. The quantitative estimate of drug-likeness (QED) is 0.871. The average molecular weight is 296 g/mol. The molecule has 5 heteroatoms. The van der Waals surface area contributed by atoms with Crippen molar-refractivity contribution in [1.82, 2.24) is 9.80 Å². The summed E-state index contributed by atoms with van der Waals surface area (Å²) >= 11 is 0. The van der Waals surface area contributed by atoms with E-state index in [1.54, 1.807) is 4.90 Å². The molecule has 0 aromatic heterocycles. The molecule has 2 saturated heterocycles. The van der Waals surface area contributed by atoms with Crippen molar-refractivity contribution in [3.05, 3.63) is 0 Å². The van der Waals surface area contributed by atoms with Gasteiger partial charge in [-0.1, -0.05) is 26.7 Å². The summed E-state index contributed by atoms with van der Waals surface area (Å²) in [7, 11) is 0. The van der Waals surface area contributed by atoms with Gasteiger partial charge in [0.1, 0.15) is 0 Å². The number of carboxylic acids is 1. The minimum Gasteiger partial charge on any atom is -0.481 e. The molecular weight excluding hydrogens is 268 g/mol. The van der Waals surface area contributed by atoms with Gasteiger partial charge in [0.2, 0.25) is 0 Å². The van der Waals surface area contributed by atoms with Crippen LogP contribution in [0.25, 0.3) is 0 Å². The Labute approximate surface area is 127 Å². The fraction of sp³-hybridized carbons (Fsp3) is 0.875. The minimum absolute atomic E-state index is 0.0433. The van der Waals surface area contributed by atoms with Gasteiger partial charge in [0.05, 0.1) is 5.92 Å². The Balaban J connectivity index is 1.91. The van der Waals surface area contributed by atoms with Crippen molar-refractivity contribution in [1.29, 1.82) is 0 Å². The van der Waals surface area contributed by atoms with Crippen LogP contribution in [0.5, 0.6) is 0 Å². The predicted molar refractivity (Wildman–Crippen MR) is 81.2 cm³/mol. The third kappa shape index (κ3) is 3.50. The van der Waals surface area contributed by atoms with E-state index >= 15 is 0 Å². The normalized spacial score (nSPS) is 25.7. The maximum atomic E-state index is 12.6. The van der Waals surface area contributed by atoms with Crippen LogP contribution in [-0.4, -0.2) is 53.1 Å². The SMILES string of the molecule is CCC1(CC)CCN(C(=O)N2CCC[C@H](C(=O)O)C2)CC1.